The van der Waals surface area contributed by atoms with Gasteiger partial charge in [-0.15, -0.1) is 0 Å². The number of carbonyl (C=O) groups is 3. The molecular formula is C9H14N2O5. The van der Waals surface area contributed by atoms with E-state index in [2.05, 4.69) is 5.32 Å². The van der Waals surface area contributed by atoms with Crippen LogP contribution in [-0.4, -0.2) is 57.6 Å². The van der Waals surface area contributed by atoms with Crippen LogP contribution >= 0.6 is 0 Å². The second-order valence-corrected chi connectivity index (χ2v) is 4.07. The Bertz CT molecular complexity index is 339. The summed E-state index contributed by atoms with van der Waals surface area (Å²) in [7, 11) is 0. The second-order valence-electron chi connectivity index (χ2n) is 4.07. The van der Waals surface area contributed by atoms with Gasteiger partial charge in [0.2, 0.25) is 11.8 Å². The van der Waals surface area contributed by atoms with Gasteiger partial charge in [0.05, 0.1) is 12.6 Å². The highest BCUT2D eigenvalue weighted by atomic mass is 16.4. The lowest BCUT2D eigenvalue weighted by Crippen LogP contribution is -2.60. The summed E-state index contributed by atoms with van der Waals surface area (Å²) in [6, 6.07) is -0.636. The Hall–Kier alpha value is -1.47. The topological polar surface area (TPSA) is 107 Å². The molecule has 0 radical (unpaired) electrons. The van der Waals surface area contributed by atoms with Crippen LogP contribution in [-0.2, 0) is 14.4 Å². The van der Waals surface area contributed by atoms with E-state index in [1.807, 2.05) is 0 Å². The smallest absolute Gasteiger partial charge is 0.336 e. The highest BCUT2D eigenvalue weighted by molar-refractivity contribution is 6.00. The third-order valence-corrected chi connectivity index (χ3v) is 2.51. The molecule has 0 aromatic carbocycles. The number of β-amino-alcohol motifs (C(OH)–C–C–N with tert-alkyl or cyclic N) is 1. The molecule has 7 nitrogen and oxygen atoms in total. The van der Waals surface area contributed by atoms with Crippen LogP contribution in [0.4, 0.5) is 0 Å². The predicted octanol–water partition coefficient (Wildman–Crippen LogP) is -1.83. The fraction of sp³-hybridized carbons (Fsp3) is 0.667. The van der Waals surface area contributed by atoms with Gasteiger partial charge in [0.1, 0.15) is 0 Å². The zero-order valence-electron chi connectivity index (χ0n) is 9.06. The Morgan fingerprint density at radius 2 is 2.19 bits per heavy atom. The maximum absolute atomic E-state index is 11.3. The fourth-order valence-electron chi connectivity index (χ4n) is 1.42. The monoisotopic (exact) mass is 230 g/mol. The normalized spacial score (nSPS) is 26.1. The maximum Gasteiger partial charge on any atom is 0.336 e. The van der Waals surface area contributed by atoms with Gasteiger partial charge >= 0.3 is 5.97 Å². The van der Waals surface area contributed by atoms with Crippen LogP contribution < -0.4 is 5.32 Å². The molecule has 0 bridgehead atoms. The summed E-state index contributed by atoms with van der Waals surface area (Å²) in [6.45, 7) is 2.29. The molecule has 1 rings (SSSR count). The number of carbonyl (C=O) groups excluding carboxylic acids is 2. The zero-order valence-corrected chi connectivity index (χ0v) is 9.06. The Balaban J connectivity index is 2.76. The number of nitrogens with zero attached hydrogens (tertiary/aromatic N) is 1. The van der Waals surface area contributed by atoms with Crippen molar-refractivity contribution in [2.75, 3.05) is 13.1 Å². The van der Waals surface area contributed by atoms with Gasteiger partial charge in [-0.05, 0) is 13.8 Å². The summed E-state index contributed by atoms with van der Waals surface area (Å²) in [6.07, 6.45) is 0. The van der Waals surface area contributed by atoms with Crippen molar-refractivity contribution in [3.63, 3.8) is 0 Å². The lowest BCUT2D eigenvalue weighted by atomic mass is 10.0. The van der Waals surface area contributed by atoms with E-state index in [-0.39, 0.29) is 13.1 Å². The van der Waals surface area contributed by atoms with Crippen molar-refractivity contribution in [1.82, 2.24) is 10.2 Å². The largest absolute Gasteiger partial charge is 0.479 e. The van der Waals surface area contributed by atoms with Gasteiger partial charge in [-0.1, -0.05) is 0 Å². The minimum Gasteiger partial charge on any atom is -0.479 e. The average molecular weight is 230 g/mol. The summed E-state index contributed by atoms with van der Waals surface area (Å²) in [5, 5.41) is 20.4. The minimum atomic E-state index is -1.98. The van der Waals surface area contributed by atoms with Crippen molar-refractivity contribution in [1.29, 1.82) is 0 Å². The minimum absolute atomic E-state index is 0.101. The predicted molar refractivity (Wildman–Crippen MR) is 52.4 cm³/mol. The van der Waals surface area contributed by atoms with Crippen molar-refractivity contribution < 1.29 is 24.6 Å². The molecule has 0 spiro atoms. The molecule has 1 heterocycles. The molecule has 7 heteroatoms. The number of aliphatic hydroxyl groups is 1. The van der Waals surface area contributed by atoms with E-state index in [1.165, 1.54) is 4.90 Å². The van der Waals surface area contributed by atoms with E-state index in [4.69, 9.17) is 5.11 Å². The Morgan fingerprint density at radius 3 is 2.69 bits per heavy atom. The maximum atomic E-state index is 11.3. The van der Waals surface area contributed by atoms with Crippen LogP contribution in [0.15, 0.2) is 0 Å². The van der Waals surface area contributed by atoms with E-state index in [9.17, 15) is 19.5 Å². The number of amides is 2. The molecular weight excluding hydrogens is 216 g/mol. The van der Waals surface area contributed by atoms with Crippen LogP contribution in [0.2, 0.25) is 0 Å². The number of aliphatic carboxylic acids is 1. The molecule has 1 fully saturated rings. The fourth-order valence-corrected chi connectivity index (χ4v) is 1.42. The van der Waals surface area contributed by atoms with Crippen molar-refractivity contribution in [3.8, 4) is 0 Å². The molecule has 1 aliphatic heterocycles. The second kappa shape index (κ2) is 4.18. The Kier molecular flexibility index (Phi) is 3.30. The number of imide groups is 1. The molecule has 90 valence electrons. The SMILES string of the molecule is CC1C(=O)NC(=O)CN1CC(C)(O)C(=O)O. The molecule has 0 aromatic heterocycles. The molecule has 2 unspecified atom stereocenters. The van der Waals surface area contributed by atoms with Gasteiger partial charge in [-0.2, -0.15) is 0 Å². The number of hydrogen-bond donors (Lipinski definition) is 3. The first kappa shape index (κ1) is 12.6. The summed E-state index contributed by atoms with van der Waals surface area (Å²) >= 11 is 0. The van der Waals surface area contributed by atoms with Gasteiger partial charge in [-0.25, -0.2) is 4.79 Å². The number of rotatable bonds is 3. The molecule has 2 atom stereocenters. The van der Waals surface area contributed by atoms with Gasteiger partial charge in [0.15, 0.2) is 5.60 Å². The molecule has 1 aliphatic rings. The summed E-state index contributed by atoms with van der Waals surface area (Å²) < 4.78 is 0. The van der Waals surface area contributed by atoms with Gasteiger partial charge in [-0.3, -0.25) is 19.8 Å². The van der Waals surface area contributed by atoms with Crippen molar-refractivity contribution in [2.45, 2.75) is 25.5 Å². The number of hydrogen-bond acceptors (Lipinski definition) is 5. The highest BCUT2D eigenvalue weighted by Crippen LogP contribution is 2.12. The number of nitrogens with one attached hydrogen (secondary N) is 1. The first-order valence-electron chi connectivity index (χ1n) is 4.77. The van der Waals surface area contributed by atoms with E-state index in [0.29, 0.717) is 0 Å². The molecule has 1 saturated heterocycles. The molecule has 0 aromatic rings. The lowest BCUT2D eigenvalue weighted by Gasteiger charge is -2.34. The highest BCUT2D eigenvalue weighted by Gasteiger charge is 2.38. The third kappa shape index (κ3) is 2.56. The quantitative estimate of drug-likeness (QED) is 0.492. The van der Waals surface area contributed by atoms with Crippen molar-refractivity contribution in [3.05, 3.63) is 0 Å². The summed E-state index contributed by atoms with van der Waals surface area (Å²) in [4.78, 5) is 34.4. The van der Waals surface area contributed by atoms with Gasteiger partial charge in [0, 0.05) is 6.54 Å². The van der Waals surface area contributed by atoms with Crippen LogP contribution in [0.5, 0.6) is 0 Å². The average Bonchev–Trinajstić information content (AvgIpc) is 2.12. The van der Waals surface area contributed by atoms with Crippen molar-refractivity contribution in [2.24, 2.45) is 0 Å². The van der Waals surface area contributed by atoms with E-state index in [0.717, 1.165) is 6.92 Å². The number of carboxylic acid groups (broad SMARTS) is 1. The lowest BCUT2D eigenvalue weighted by molar-refractivity contribution is -0.161. The zero-order chi connectivity index (χ0) is 12.5. The van der Waals surface area contributed by atoms with E-state index >= 15 is 0 Å². The van der Waals surface area contributed by atoms with Crippen LogP contribution in [0.3, 0.4) is 0 Å². The third-order valence-electron chi connectivity index (χ3n) is 2.51. The molecule has 3 N–H and O–H groups in total. The molecule has 0 aliphatic carbocycles. The van der Waals surface area contributed by atoms with Crippen LogP contribution in [0.25, 0.3) is 0 Å². The van der Waals surface area contributed by atoms with Crippen molar-refractivity contribution >= 4 is 17.8 Å². The standard InChI is InChI=1S/C9H14N2O5/c1-5-7(13)10-6(12)3-11(5)4-9(2,16)8(14)15/h5,16H,3-4H2,1-2H3,(H,14,15)(H,10,12,13). The Morgan fingerprint density at radius 1 is 1.62 bits per heavy atom. The molecule has 2 amide bonds. The van der Waals surface area contributed by atoms with Gasteiger partial charge < -0.3 is 10.2 Å². The van der Waals surface area contributed by atoms with E-state index in [1.54, 1.807) is 6.92 Å². The molecule has 16 heavy (non-hydrogen) atoms. The number of piperazine rings is 1. The van der Waals surface area contributed by atoms with Gasteiger partial charge in [0.25, 0.3) is 0 Å². The summed E-state index contributed by atoms with van der Waals surface area (Å²) in [5.41, 5.74) is -1.98. The molecule has 0 saturated carbocycles. The van der Waals surface area contributed by atoms with E-state index < -0.39 is 29.4 Å². The summed E-state index contributed by atoms with van der Waals surface area (Å²) in [5.74, 6) is -2.38. The van der Waals surface area contributed by atoms with Crippen LogP contribution in [0, 0.1) is 0 Å². The first-order chi connectivity index (χ1) is 7.24. The number of carboxylic acids is 1. The first-order valence-corrected chi connectivity index (χ1v) is 4.77. The van der Waals surface area contributed by atoms with Crippen LogP contribution in [0.1, 0.15) is 13.8 Å². The Labute approximate surface area is 92.0 Å².